The van der Waals surface area contributed by atoms with Crippen LogP contribution in [0.3, 0.4) is 0 Å². The van der Waals surface area contributed by atoms with E-state index in [0.29, 0.717) is 16.7 Å². The summed E-state index contributed by atoms with van der Waals surface area (Å²) in [6, 6.07) is 7.35. The fourth-order valence-corrected chi connectivity index (χ4v) is 8.75. The van der Waals surface area contributed by atoms with E-state index in [9.17, 15) is 29.5 Å². The van der Waals surface area contributed by atoms with Gasteiger partial charge in [-0.2, -0.15) is 0 Å². The topological polar surface area (TPSA) is 248 Å². The first kappa shape index (κ1) is 33.3. The number of methoxy groups -OCH3 is 1. The lowest BCUT2D eigenvalue weighted by atomic mass is 10.1. The number of imidazole rings is 1. The van der Waals surface area contributed by atoms with Crippen molar-refractivity contribution in [3.05, 3.63) is 75.6 Å². The molecular weight excluding hydrogens is 661 g/mol. The van der Waals surface area contributed by atoms with Crippen LogP contribution < -0.4 is 17.0 Å². The molecule has 0 radical (unpaired) electrons. The quantitative estimate of drug-likeness (QED) is 0.128. The molecule has 0 saturated carbocycles. The number of nitrogen functional groups attached to an aromatic ring is 1. The van der Waals surface area contributed by atoms with E-state index in [2.05, 4.69) is 19.9 Å². The number of aromatic amines is 1. The lowest BCUT2D eigenvalue weighted by molar-refractivity contribution is -0.0625. The van der Waals surface area contributed by atoms with Crippen molar-refractivity contribution < 1.29 is 43.1 Å². The number of nitrogens with one attached hydrogen (secondary N) is 1. The average Bonchev–Trinajstić information content (AvgIpc) is 3.75. The molecule has 0 amide bonds. The van der Waals surface area contributed by atoms with Crippen molar-refractivity contribution in [2.75, 3.05) is 26.1 Å². The Morgan fingerprint density at radius 2 is 1.89 bits per heavy atom. The summed E-state index contributed by atoms with van der Waals surface area (Å²) in [5.74, 6) is 0.361. The predicted octanol–water partition coefficient (Wildman–Crippen LogP) is 0.661. The average molecular weight is 694 g/mol. The fourth-order valence-electron chi connectivity index (χ4n) is 5.36. The molecule has 2 fully saturated rings. The van der Waals surface area contributed by atoms with Crippen LogP contribution in [0, 0.1) is 0 Å². The van der Waals surface area contributed by atoms with Gasteiger partial charge in [-0.05, 0) is 29.1 Å². The number of nitrogens with zero attached hydrogens (tertiary/aromatic N) is 5. The van der Waals surface area contributed by atoms with Crippen molar-refractivity contribution in [3.8, 4) is 5.75 Å². The van der Waals surface area contributed by atoms with E-state index in [1.54, 1.807) is 16.7 Å². The first-order valence-corrected chi connectivity index (χ1v) is 17.4. The number of ether oxygens (including phenoxy) is 3. The molecule has 0 spiro atoms. The maximum Gasteiger partial charge on any atom is 0.389 e. The van der Waals surface area contributed by atoms with E-state index in [1.807, 2.05) is 0 Å². The molecule has 4 unspecified atom stereocenters. The molecule has 47 heavy (non-hydrogen) atoms. The van der Waals surface area contributed by atoms with Crippen molar-refractivity contribution >= 4 is 35.2 Å². The summed E-state index contributed by atoms with van der Waals surface area (Å²) in [6.45, 7) is -5.16. The van der Waals surface area contributed by atoms with Gasteiger partial charge in [0.05, 0.1) is 25.6 Å². The van der Waals surface area contributed by atoms with Crippen LogP contribution in [-0.4, -0.2) is 95.2 Å². The molecule has 6 rings (SSSR count). The molecule has 20 heteroatoms. The van der Waals surface area contributed by atoms with Crippen molar-refractivity contribution in [2.24, 2.45) is 0 Å². The molecule has 18 nitrogen and oxygen atoms in total. The highest BCUT2D eigenvalue weighted by molar-refractivity contribution is 8.54. The zero-order chi connectivity index (χ0) is 33.3. The summed E-state index contributed by atoms with van der Waals surface area (Å²) in [6.07, 6.45) is -3.12. The summed E-state index contributed by atoms with van der Waals surface area (Å²) in [4.78, 5) is 38.7. The third-order valence-corrected chi connectivity index (χ3v) is 11.4. The van der Waals surface area contributed by atoms with Crippen molar-refractivity contribution in [2.45, 2.75) is 55.1 Å². The summed E-state index contributed by atoms with van der Waals surface area (Å²) >= 11 is 0.821. The standard InChI is InChI=1S/C27H32N7O11PS/c1-41-23-22(17(9-35)44-26(23)33-7-6-19(38)32-27(33)39)45-46(40,47-11-14-2-4-15(36)5-3-14)42-10-18-16(37)8-20(43-18)34-13-31-21-24(28)29-12-30-25(21)34/h2-7,12-13,16-18,20,22-23,26,35-37H,8-11H2,1H3,(H2,28,29,30)(H,32,38,39)/t16?,17-,18-,20-,22?,23?,26-,46?/m1/s1. The minimum Gasteiger partial charge on any atom is -0.508 e. The smallest absolute Gasteiger partial charge is 0.389 e. The van der Waals surface area contributed by atoms with Crippen LogP contribution in [0.1, 0.15) is 24.4 Å². The largest absolute Gasteiger partial charge is 0.508 e. The van der Waals surface area contributed by atoms with Gasteiger partial charge in [-0.1, -0.05) is 12.1 Å². The molecule has 1 aromatic carbocycles. The van der Waals surface area contributed by atoms with Crippen LogP contribution in [-0.2, 0) is 33.6 Å². The van der Waals surface area contributed by atoms with Crippen LogP contribution in [0.4, 0.5) is 5.82 Å². The Hall–Kier alpha value is -3.65. The van der Waals surface area contributed by atoms with Gasteiger partial charge in [0.1, 0.15) is 48.2 Å². The van der Waals surface area contributed by atoms with Gasteiger partial charge in [0.2, 0.25) is 0 Å². The number of rotatable bonds is 12. The molecule has 0 bridgehead atoms. The van der Waals surface area contributed by atoms with E-state index in [-0.39, 0.29) is 30.3 Å². The molecule has 0 aliphatic carbocycles. The van der Waals surface area contributed by atoms with E-state index < -0.39 is 67.6 Å². The second kappa shape index (κ2) is 13.8. The zero-order valence-electron chi connectivity index (χ0n) is 24.8. The van der Waals surface area contributed by atoms with Gasteiger partial charge >= 0.3 is 12.5 Å². The number of aliphatic hydroxyl groups excluding tert-OH is 2. The van der Waals surface area contributed by atoms with Crippen LogP contribution >= 0.6 is 18.2 Å². The molecule has 3 aromatic heterocycles. The Kier molecular flexibility index (Phi) is 9.79. The van der Waals surface area contributed by atoms with E-state index in [4.69, 9.17) is 29.0 Å². The number of aromatic nitrogens is 6. The number of hydrogen-bond donors (Lipinski definition) is 5. The van der Waals surface area contributed by atoms with Gasteiger partial charge < -0.3 is 35.3 Å². The first-order chi connectivity index (χ1) is 22.6. The third kappa shape index (κ3) is 6.99. The predicted molar refractivity (Wildman–Crippen MR) is 165 cm³/mol. The Morgan fingerprint density at radius 3 is 2.62 bits per heavy atom. The number of aromatic hydroxyl groups is 1. The number of benzene rings is 1. The molecule has 2 saturated heterocycles. The Bertz CT molecular complexity index is 1870. The van der Waals surface area contributed by atoms with Gasteiger partial charge in [-0.15, -0.1) is 0 Å². The third-order valence-electron chi connectivity index (χ3n) is 7.74. The number of hydrogen-bond acceptors (Lipinski definition) is 16. The molecule has 8 atom stereocenters. The second-order valence-electron chi connectivity index (χ2n) is 10.7. The molecule has 252 valence electrons. The van der Waals surface area contributed by atoms with Crippen LogP contribution in [0.2, 0.25) is 0 Å². The molecule has 2 aliphatic heterocycles. The molecule has 4 aromatic rings. The van der Waals surface area contributed by atoms with Crippen LogP contribution in [0.25, 0.3) is 11.2 Å². The zero-order valence-corrected chi connectivity index (χ0v) is 26.5. The van der Waals surface area contributed by atoms with Gasteiger partial charge in [0, 0.05) is 31.5 Å². The van der Waals surface area contributed by atoms with Crippen molar-refractivity contribution in [1.82, 2.24) is 29.1 Å². The highest BCUT2D eigenvalue weighted by Gasteiger charge is 2.51. The van der Waals surface area contributed by atoms with Crippen LogP contribution in [0.15, 0.2) is 58.8 Å². The maximum absolute atomic E-state index is 14.5. The Balaban J connectivity index is 1.22. The number of fused-ring (bicyclic) bond motifs is 1. The van der Waals surface area contributed by atoms with Gasteiger partial charge in [0.15, 0.2) is 17.7 Å². The molecule has 2 aliphatic rings. The number of H-pyrrole nitrogens is 1. The summed E-state index contributed by atoms with van der Waals surface area (Å²) < 4.78 is 46.7. The van der Waals surface area contributed by atoms with E-state index >= 15 is 0 Å². The van der Waals surface area contributed by atoms with Crippen molar-refractivity contribution in [3.63, 3.8) is 0 Å². The fraction of sp³-hybridized carbons (Fsp3) is 0.444. The minimum absolute atomic E-state index is 0.0524. The van der Waals surface area contributed by atoms with Gasteiger partial charge in [0.25, 0.3) is 5.56 Å². The van der Waals surface area contributed by atoms with E-state index in [1.165, 1.54) is 38.1 Å². The van der Waals surface area contributed by atoms with Gasteiger partial charge in [-0.3, -0.25) is 28.0 Å². The minimum atomic E-state index is -4.20. The number of anilines is 1. The molecule has 5 heterocycles. The molecule has 6 N–H and O–H groups in total. The van der Waals surface area contributed by atoms with E-state index in [0.717, 1.165) is 22.0 Å². The lowest BCUT2D eigenvalue weighted by Crippen LogP contribution is -2.39. The number of aliphatic hydroxyl groups is 2. The lowest BCUT2D eigenvalue weighted by Gasteiger charge is -2.28. The maximum atomic E-state index is 14.5. The van der Waals surface area contributed by atoms with Crippen LogP contribution in [0.5, 0.6) is 5.75 Å². The number of phenols is 1. The van der Waals surface area contributed by atoms with Gasteiger partial charge in [-0.25, -0.2) is 24.3 Å². The summed E-state index contributed by atoms with van der Waals surface area (Å²) in [5.41, 5.74) is 5.96. The van der Waals surface area contributed by atoms with Crippen molar-refractivity contribution in [1.29, 1.82) is 0 Å². The summed E-state index contributed by atoms with van der Waals surface area (Å²) in [5, 5.41) is 30.7. The number of phenolic OH excluding ortho intramolecular Hbond substituents is 1. The Morgan fingerprint density at radius 1 is 1.11 bits per heavy atom. The first-order valence-electron chi connectivity index (χ1n) is 14.3. The SMILES string of the molecule is COC1C(OP(=O)(OC[C@H]2O[C@@H](n3cnc4c(N)ncnc43)CC2O)SCc2ccc(O)cc2)[C@@H](CO)O[C@H]1n1ccc(=O)[nH]c1=O. The monoisotopic (exact) mass is 693 g/mol. The highest BCUT2D eigenvalue weighted by atomic mass is 32.7. The Labute approximate surface area is 269 Å². The number of nitrogens with two attached hydrogens (primary N) is 1. The second-order valence-corrected chi connectivity index (χ2v) is 14.8. The summed E-state index contributed by atoms with van der Waals surface area (Å²) in [7, 11) is 1.32. The molecular formula is C27H32N7O11PS. The normalized spacial score (nSPS) is 27.3. The highest BCUT2D eigenvalue weighted by Crippen LogP contribution is 2.64.